The van der Waals surface area contributed by atoms with Crippen molar-refractivity contribution in [3.8, 4) is 11.4 Å². The maximum atomic E-state index is 12.4. The van der Waals surface area contributed by atoms with Gasteiger partial charge in [-0.3, -0.25) is 9.13 Å². The van der Waals surface area contributed by atoms with Gasteiger partial charge in [0.15, 0.2) is 0 Å². The van der Waals surface area contributed by atoms with Crippen LogP contribution < -0.4 is 21.1 Å². The third kappa shape index (κ3) is 4.53. The van der Waals surface area contributed by atoms with Crippen LogP contribution in [0.5, 0.6) is 5.75 Å². The molecule has 6 nitrogen and oxygen atoms in total. The molecule has 2 aromatic carbocycles. The molecule has 0 aliphatic carbocycles. The van der Waals surface area contributed by atoms with Gasteiger partial charge in [0.2, 0.25) is 0 Å². The zero-order valence-corrected chi connectivity index (χ0v) is 16.0. The molecule has 0 unspecified atom stereocenters. The first-order valence-electron chi connectivity index (χ1n) is 9.10. The fourth-order valence-corrected chi connectivity index (χ4v) is 2.84. The summed E-state index contributed by atoms with van der Waals surface area (Å²) < 4.78 is 8.53. The second kappa shape index (κ2) is 8.49. The van der Waals surface area contributed by atoms with Gasteiger partial charge in [-0.1, -0.05) is 0 Å². The van der Waals surface area contributed by atoms with E-state index in [0.29, 0.717) is 0 Å². The van der Waals surface area contributed by atoms with Gasteiger partial charge < -0.3 is 15.4 Å². The quantitative estimate of drug-likeness (QED) is 0.596. The molecular formula is C21H26N4O2. The molecule has 0 bridgehead atoms. The summed E-state index contributed by atoms with van der Waals surface area (Å²) in [5.74, 6) is 0.849. The van der Waals surface area contributed by atoms with Crippen molar-refractivity contribution >= 4 is 11.4 Å². The average molecular weight is 366 g/mol. The summed E-state index contributed by atoms with van der Waals surface area (Å²) in [6.07, 6.45) is 3.63. The molecule has 1 aromatic heterocycles. The van der Waals surface area contributed by atoms with Crippen molar-refractivity contribution in [3.63, 3.8) is 0 Å². The van der Waals surface area contributed by atoms with Gasteiger partial charge in [-0.2, -0.15) is 0 Å². The van der Waals surface area contributed by atoms with Crippen LogP contribution >= 0.6 is 0 Å². The number of nitrogens with one attached hydrogen (secondary N) is 2. The lowest BCUT2D eigenvalue weighted by atomic mass is 10.2. The highest BCUT2D eigenvalue weighted by molar-refractivity contribution is 5.50. The van der Waals surface area contributed by atoms with E-state index in [9.17, 15) is 4.79 Å². The molecule has 0 radical (unpaired) electrons. The number of aromatic nitrogens is 2. The lowest BCUT2D eigenvalue weighted by Crippen LogP contribution is -2.24. The predicted molar refractivity (Wildman–Crippen MR) is 110 cm³/mol. The fourth-order valence-electron chi connectivity index (χ4n) is 2.84. The second-order valence-electron chi connectivity index (χ2n) is 6.58. The summed E-state index contributed by atoms with van der Waals surface area (Å²) in [7, 11) is 1.66. The number of hydrogen-bond donors (Lipinski definition) is 2. The maximum absolute atomic E-state index is 12.4. The van der Waals surface area contributed by atoms with Gasteiger partial charge in [0.05, 0.1) is 12.8 Å². The molecule has 0 aliphatic heterocycles. The van der Waals surface area contributed by atoms with Gasteiger partial charge >= 0.3 is 5.69 Å². The molecule has 0 fully saturated rings. The Hall–Kier alpha value is -3.15. The summed E-state index contributed by atoms with van der Waals surface area (Å²) in [5.41, 5.74) is 2.92. The van der Waals surface area contributed by atoms with Crippen LogP contribution in [0.2, 0.25) is 0 Å². The molecule has 0 spiro atoms. The third-order valence-electron chi connectivity index (χ3n) is 4.38. The molecule has 27 heavy (non-hydrogen) atoms. The van der Waals surface area contributed by atoms with E-state index in [2.05, 4.69) is 10.6 Å². The molecule has 0 atom stereocenters. The molecule has 3 rings (SSSR count). The molecule has 0 saturated carbocycles. The Kier molecular flexibility index (Phi) is 5.86. The van der Waals surface area contributed by atoms with E-state index in [-0.39, 0.29) is 11.7 Å². The average Bonchev–Trinajstić information content (AvgIpc) is 3.08. The molecule has 0 saturated heterocycles. The molecule has 142 valence electrons. The van der Waals surface area contributed by atoms with Crippen LogP contribution in [0.3, 0.4) is 0 Å². The molecule has 3 aromatic rings. The Morgan fingerprint density at radius 3 is 1.93 bits per heavy atom. The lowest BCUT2D eigenvalue weighted by Gasteiger charge is -2.10. The van der Waals surface area contributed by atoms with E-state index in [1.165, 1.54) is 0 Å². The number of imidazole rings is 1. The van der Waals surface area contributed by atoms with Gasteiger partial charge in [-0.05, 0) is 62.4 Å². The number of anilines is 2. The number of methoxy groups -OCH3 is 1. The number of benzene rings is 2. The van der Waals surface area contributed by atoms with Crippen molar-refractivity contribution in [1.29, 1.82) is 0 Å². The topological polar surface area (TPSA) is 60.2 Å². The molecule has 0 aliphatic rings. The summed E-state index contributed by atoms with van der Waals surface area (Å²) in [5, 5.41) is 6.73. The van der Waals surface area contributed by atoms with E-state index in [4.69, 9.17) is 4.74 Å². The number of ether oxygens (including phenoxy) is 1. The first-order valence-corrected chi connectivity index (χ1v) is 9.10. The van der Waals surface area contributed by atoms with Crippen molar-refractivity contribution in [2.24, 2.45) is 0 Å². The highest BCUT2D eigenvalue weighted by Crippen LogP contribution is 2.15. The fraction of sp³-hybridized carbons (Fsp3) is 0.286. The van der Waals surface area contributed by atoms with Crippen LogP contribution in [0, 0.1) is 0 Å². The lowest BCUT2D eigenvalue weighted by molar-refractivity contribution is 0.415. The minimum Gasteiger partial charge on any atom is -0.497 e. The first-order chi connectivity index (χ1) is 13.1. The van der Waals surface area contributed by atoms with Gasteiger partial charge in [0, 0.05) is 42.9 Å². The Labute approximate surface area is 159 Å². The molecule has 1 heterocycles. The van der Waals surface area contributed by atoms with Crippen LogP contribution in [0.1, 0.15) is 19.9 Å². The summed E-state index contributed by atoms with van der Waals surface area (Å²) in [4.78, 5) is 12.4. The van der Waals surface area contributed by atoms with E-state index in [0.717, 1.165) is 35.9 Å². The Bertz CT molecular complexity index is 909. The maximum Gasteiger partial charge on any atom is 0.332 e. The summed E-state index contributed by atoms with van der Waals surface area (Å²) >= 11 is 0. The van der Waals surface area contributed by atoms with E-state index in [1.807, 2.05) is 74.8 Å². The van der Waals surface area contributed by atoms with Crippen molar-refractivity contribution in [1.82, 2.24) is 9.13 Å². The smallest absolute Gasteiger partial charge is 0.332 e. The zero-order valence-electron chi connectivity index (χ0n) is 16.0. The predicted octanol–water partition coefficient (Wildman–Crippen LogP) is 3.75. The summed E-state index contributed by atoms with van der Waals surface area (Å²) in [6.45, 7) is 5.58. The minimum absolute atomic E-state index is 0.0191. The minimum atomic E-state index is -0.0191. The number of hydrogen-bond acceptors (Lipinski definition) is 4. The van der Waals surface area contributed by atoms with Gasteiger partial charge in [0.1, 0.15) is 5.75 Å². The van der Waals surface area contributed by atoms with Crippen LogP contribution in [0.15, 0.2) is 65.7 Å². The van der Waals surface area contributed by atoms with Crippen LogP contribution in [-0.4, -0.2) is 29.3 Å². The highest BCUT2D eigenvalue weighted by Gasteiger charge is 2.07. The Morgan fingerprint density at radius 1 is 0.889 bits per heavy atom. The SMILES string of the molecule is COc1ccc(NCCNc2ccc(-n3ccn(C(C)C)c3=O)cc2)cc1. The van der Waals surface area contributed by atoms with Gasteiger partial charge in [-0.25, -0.2) is 4.79 Å². The molecule has 0 amide bonds. The Morgan fingerprint density at radius 2 is 1.44 bits per heavy atom. The monoisotopic (exact) mass is 366 g/mol. The van der Waals surface area contributed by atoms with Crippen molar-refractivity contribution in [2.75, 3.05) is 30.8 Å². The van der Waals surface area contributed by atoms with Crippen LogP contribution in [-0.2, 0) is 0 Å². The van der Waals surface area contributed by atoms with Gasteiger partial charge in [0.25, 0.3) is 0 Å². The van der Waals surface area contributed by atoms with Gasteiger partial charge in [-0.15, -0.1) is 0 Å². The highest BCUT2D eigenvalue weighted by atomic mass is 16.5. The molecule has 6 heteroatoms. The second-order valence-corrected chi connectivity index (χ2v) is 6.58. The van der Waals surface area contributed by atoms with Crippen LogP contribution in [0.25, 0.3) is 5.69 Å². The number of nitrogens with zero attached hydrogens (tertiary/aromatic N) is 2. The largest absolute Gasteiger partial charge is 0.497 e. The van der Waals surface area contributed by atoms with Crippen LogP contribution in [0.4, 0.5) is 11.4 Å². The molecular weight excluding hydrogens is 340 g/mol. The number of rotatable bonds is 8. The third-order valence-corrected chi connectivity index (χ3v) is 4.38. The Balaban J connectivity index is 1.52. The zero-order chi connectivity index (χ0) is 19.2. The van der Waals surface area contributed by atoms with E-state index in [1.54, 1.807) is 16.2 Å². The van der Waals surface area contributed by atoms with Crippen molar-refractivity contribution in [2.45, 2.75) is 19.9 Å². The van der Waals surface area contributed by atoms with E-state index < -0.39 is 0 Å². The first kappa shape index (κ1) is 18.6. The molecule has 2 N–H and O–H groups in total. The van der Waals surface area contributed by atoms with E-state index >= 15 is 0 Å². The summed E-state index contributed by atoms with van der Waals surface area (Å²) in [6, 6.07) is 15.9. The van der Waals surface area contributed by atoms with Crippen molar-refractivity contribution in [3.05, 3.63) is 71.4 Å². The normalized spacial score (nSPS) is 10.8. The van der Waals surface area contributed by atoms with Crippen molar-refractivity contribution < 1.29 is 4.74 Å². The standard InChI is InChI=1S/C21H26N4O2/c1-16(2)24-14-15-25(21(24)26)19-8-4-17(5-9-19)22-12-13-23-18-6-10-20(27-3)11-7-18/h4-11,14-16,22-23H,12-13H2,1-3H3.